The lowest BCUT2D eigenvalue weighted by Gasteiger charge is -2.11. The average molecular weight is 414 g/mol. The number of thioether (sulfide) groups is 1. The van der Waals surface area contributed by atoms with E-state index >= 15 is 0 Å². The molecule has 0 saturated carbocycles. The highest BCUT2D eigenvalue weighted by molar-refractivity contribution is 8.00. The van der Waals surface area contributed by atoms with Crippen molar-refractivity contribution in [1.29, 1.82) is 0 Å². The number of aryl methyl sites for hydroxylation is 1. The summed E-state index contributed by atoms with van der Waals surface area (Å²) in [6.07, 6.45) is 0. The number of ether oxygens (including phenoxy) is 1. The number of anilines is 1. The molecule has 0 aliphatic rings. The van der Waals surface area contributed by atoms with Gasteiger partial charge >= 0.3 is 0 Å². The fourth-order valence-electron chi connectivity index (χ4n) is 2.51. The van der Waals surface area contributed by atoms with Crippen LogP contribution in [0.4, 0.5) is 11.4 Å². The summed E-state index contributed by atoms with van der Waals surface area (Å²) in [6, 6.07) is 11.8. The van der Waals surface area contributed by atoms with Crippen molar-refractivity contribution in [3.05, 3.63) is 58.1 Å². The third-order valence-electron chi connectivity index (χ3n) is 4.09. The maximum atomic E-state index is 12.5. The molecule has 1 aromatic heterocycles. The molecule has 2 aromatic carbocycles. The van der Waals surface area contributed by atoms with E-state index in [1.54, 1.807) is 6.92 Å². The summed E-state index contributed by atoms with van der Waals surface area (Å²) in [4.78, 5) is 23.2. The van der Waals surface area contributed by atoms with E-state index in [1.165, 1.54) is 25.3 Å². The molecule has 1 atom stereocenters. The van der Waals surface area contributed by atoms with E-state index < -0.39 is 16.1 Å². The molecule has 3 aromatic rings. The third kappa shape index (κ3) is 4.72. The summed E-state index contributed by atoms with van der Waals surface area (Å²) < 4.78 is 10.6. The number of aromatic nitrogens is 2. The van der Waals surface area contributed by atoms with E-state index in [2.05, 4.69) is 15.5 Å². The number of benzene rings is 2. The molecule has 9 nitrogen and oxygen atoms in total. The van der Waals surface area contributed by atoms with Gasteiger partial charge in [0, 0.05) is 5.56 Å². The maximum Gasteiger partial charge on any atom is 0.296 e. The van der Waals surface area contributed by atoms with Gasteiger partial charge in [-0.15, -0.1) is 10.2 Å². The van der Waals surface area contributed by atoms with Gasteiger partial charge in [0.15, 0.2) is 0 Å². The van der Waals surface area contributed by atoms with Crippen LogP contribution in [0.5, 0.6) is 5.75 Å². The van der Waals surface area contributed by atoms with Crippen molar-refractivity contribution in [2.45, 2.75) is 24.3 Å². The lowest BCUT2D eigenvalue weighted by molar-refractivity contribution is -0.384. The molecule has 0 fully saturated rings. The predicted molar refractivity (Wildman–Crippen MR) is 108 cm³/mol. The normalized spacial score (nSPS) is 11.7. The van der Waals surface area contributed by atoms with Gasteiger partial charge in [0.2, 0.25) is 11.8 Å². The second kappa shape index (κ2) is 8.74. The molecule has 3 rings (SSSR count). The van der Waals surface area contributed by atoms with Gasteiger partial charge < -0.3 is 14.5 Å². The molecule has 0 spiro atoms. The van der Waals surface area contributed by atoms with E-state index in [0.717, 1.165) is 22.9 Å². The number of methoxy groups -OCH3 is 1. The van der Waals surface area contributed by atoms with Crippen molar-refractivity contribution in [3.63, 3.8) is 0 Å². The highest BCUT2D eigenvalue weighted by Crippen LogP contribution is 2.31. The Balaban J connectivity index is 1.71. The van der Waals surface area contributed by atoms with Crippen molar-refractivity contribution in [3.8, 4) is 17.2 Å². The molecule has 0 bridgehead atoms. The molecule has 29 heavy (non-hydrogen) atoms. The van der Waals surface area contributed by atoms with Crippen LogP contribution in [0.15, 0.2) is 52.1 Å². The maximum absolute atomic E-state index is 12.5. The van der Waals surface area contributed by atoms with Gasteiger partial charge in [0.05, 0.1) is 23.3 Å². The lowest BCUT2D eigenvalue weighted by atomic mass is 10.1. The van der Waals surface area contributed by atoms with E-state index in [4.69, 9.17) is 9.15 Å². The molecule has 0 aliphatic heterocycles. The van der Waals surface area contributed by atoms with Gasteiger partial charge in [-0.25, -0.2) is 0 Å². The van der Waals surface area contributed by atoms with Crippen LogP contribution >= 0.6 is 11.8 Å². The molecule has 1 amide bonds. The molecule has 1 N–H and O–H groups in total. The molecule has 1 heterocycles. The second-order valence-corrected chi connectivity index (χ2v) is 7.37. The topological polar surface area (TPSA) is 120 Å². The van der Waals surface area contributed by atoms with Crippen LogP contribution in [0.2, 0.25) is 0 Å². The molecule has 150 valence electrons. The molecule has 0 aliphatic carbocycles. The zero-order valence-electron chi connectivity index (χ0n) is 15.9. The first-order valence-corrected chi connectivity index (χ1v) is 9.46. The van der Waals surface area contributed by atoms with Gasteiger partial charge in [0.25, 0.3) is 10.9 Å². The Morgan fingerprint density at radius 3 is 2.72 bits per heavy atom. The predicted octanol–water partition coefficient (Wildman–Crippen LogP) is 4.08. The number of rotatable bonds is 7. The van der Waals surface area contributed by atoms with Crippen LogP contribution in [-0.4, -0.2) is 33.4 Å². The summed E-state index contributed by atoms with van der Waals surface area (Å²) in [5.74, 6) is 0.259. The first-order valence-electron chi connectivity index (χ1n) is 8.58. The van der Waals surface area contributed by atoms with Crippen LogP contribution < -0.4 is 10.1 Å². The number of nitro groups is 1. The monoisotopic (exact) mass is 414 g/mol. The highest BCUT2D eigenvalue weighted by Gasteiger charge is 2.23. The zero-order valence-corrected chi connectivity index (χ0v) is 16.7. The average Bonchev–Trinajstić information content (AvgIpc) is 3.16. The van der Waals surface area contributed by atoms with Gasteiger partial charge in [-0.2, -0.15) is 0 Å². The smallest absolute Gasteiger partial charge is 0.296 e. The summed E-state index contributed by atoms with van der Waals surface area (Å²) in [6.45, 7) is 3.58. The zero-order chi connectivity index (χ0) is 21.0. The summed E-state index contributed by atoms with van der Waals surface area (Å²) in [5, 5.41) is 21.4. The second-order valence-electron chi connectivity index (χ2n) is 6.08. The lowest BCUT2D eigenvalue weighted by Crippen LogP contribution is -2.22. The molecule has 0 unspecified atom stereocenters. The Bertz CT molecular complexity index is 1050. The van der Waals surface area contributed by atoms with Crippen LogP contribution in [0.25, 0.3) is 11.5 Å². The number of carbonyl (C=O) groups is 1. The van der Waals surface area contributed by atoms with Crippen LogP contribution in [-0.2, 0) is 4.79 Å². The molecule has 0 saturated heterocycles. The first-order chi connectivity index (χ1) is 13.9. The number of hydrogen-bond acceptors (Lipinski definition) is 8. The van der Waals surface area contributed by atoms with Crippen LogP contribution in [0.1, 0.15) is 12.5 Å². The summed E-state index contributed by atoms with van der Waals surface area (Å²) in [7, 11) is 1.41. The Kier molecular flexibility index (Phi) is 6.13. The van der Waals surface area contributed by atoms with E-state index in [0.29, 0.717) is 11.6 Å². The van der Waals surface area contributed by atoms with Crippen molar-refractivity contribution in [2.75, 3.05) is 12.4 Å². The minimum Gasteiger partial charge on any atom is -0.496 e. The Morgan fingerprint density at radius 1 is 1.28 bits per heavy atom. The number of nitro benzene ring substituents is 1. The van der Waals surface area contributed by atoms with Crippen molar-refractivity contribution < 1.29 is 18.9 Å². The third-order valence-corrected chi connectivity index (χ3v) is 5.02. The van der Waals surface area contributed by atoms with Gasteiger partial charge in [-0.1, -0.05) is 30.0 Å². The molecular formula is C19H18N4O5S. The number of carbonyl (C=O) groups excluding carboxylic acids is 1. The van der Waals surface area contributed by atoms with Crippen LogP contribution in [0.3, 0.4) is 0 Å². The van der Waals surface area contributed by atoms with Gasteiger partial charge in [0.1, 0.15) is 11.4 Å². The number of nitrogens with zero attached hydrogens (tertiary/aromatic N) is 3. The Hall–Kier alpha value is -3.40. The Morgan fingerprint density at radius 2 is 2.03 bits per heavy atom. The Labute approximate surface area is 170 Å². The minimum absolute atomic E-state index is 0.0828. The fraction of sp³-hybridized carbons (Fsp3) is 0.211. The number of hydrogen-bond donors (Lipinski definition) is 1. The van der Waals surface area contributed by atoms with Gasteiger partial charge in [-0.3, -0.25) is 14.9 Å². The van der Waals surface area contributed by atoms with E-state index in [1.807, 2.05) is 31.2 Å². The first kappa shape index (κ1) is 20.3. The SMILES string of the molecule is COc1ccc(NC(=O)[C@H](C)Sc2nnc(-c3ccccc3C)o2)c([N+](=O)[O-])c1. The number of amides is 1. The minimum atomic E-state index is -0.623. The number of nitrogens with one attached hydrogen (secondary N) is 1. The largest absolute Gasteiger partial charge is 0.496 e. The van der Waals surface area contributed by atoms with E-state index in [9.17, 15) is 14.9 Å². The fourth-order valence-corrected chi connectivity index (χ4v) is 3.20. The highest BCUT2D eigenvalue weighted by atomic mass is 32.2. The molecule has 0 radical (unpaired) electrons. The standard InChI is InChI=1S/C19H18N4O5S/c1-11-6-4-5-7-14(11)18-21-22-19(28-18)29-12(2)17(24)20-15-9-8-13(27-3)10-16(15)23(25)26/h4-10,12H,1-3H3,(H,20,24)/t12-/m0/s1. The van der Waals surface area contributed by atoms with Crippen molar-refractivity contribution >= 4 is 29.0 Å². The van der Waals surface area contributed by atoms with Crippen molar-refractivity contribution in [1.82, 2.24) is 10.2 Å². The summed E-state index contributed by atoms with van der Waals surface area (Å²) >= 11 is 1.07. The van der Waals surface area contributed by atoms with Crippen LogP contribution in [0, 0.1) is 17.0 Å². The molecular weight excluding hydrogens is 396 g/mol. The van der Waals surface area contributed by atoms with Crippen molar-refractivity contribution in [2.24, 2.45) is 0 Å². The van der Waals surface area contributed by atoms with E-state index in [-0.39, 0.29) is 16.6 Å². The molecule has 10 heteroatoms. The summed E-state index contributed by atoms with van der Waals surface area (Å²) in [5.41, 5.74) is 1.64. The quantitative estimate of drug-likeness (QED) is 0.349. The van der Waals surface area contributed by atoms with Gasteiger partial charge in [-0.05, 0) is 37.6 Å².